The molecule has 0 aliphatic heterocycles. The highest BCUT2D eigenvalue weighted by Crippen LogP contribution is 2.22. The van der Waals surface area contributed by atoms with E-state index in [1.54, 1.807) is 12.1 Å². The summed E-state index contributed by atoms with van der Waals surface area (Å²) in [6.45, 7) is 7.21. The molecule has 0 radical (unpaired) electrons. The van der Waals surface area contributed by atoms with Gasteiger partial charge in [0, 0.05) is 12.5 Å². The zero-order valence-corrected chi connectivity index (χ0v) is 10.7. The highest BCUT2D eigenvalue weighted by molar-refractivity contribution is 7.18. The molecule has 1 aromatic rings. The van der Waals surface area contributed by atoms with E-state index in [0.717, 1.165) is 0 Å². The van der Waals surface area contributed by atoms with Crippen molar-refractivity contribution in [1.29, 1.82) is 0 Å². The van der Waals surface area contributed by atoms with Gasteiger partial charge in [0.1, 0.15) is 0 Å². The second kappa shape index (κ2) is 4.65. The number of carbonyl (C=O) groups is 2. The Morgan fingerprint density at radius 1 is 1.25 bits per heavy atom. The van der Waals surface area contributed by atoms with E-state index in [1.807, 2.05) is 20.8 Å². The molecule has 5 heteroatoms. The Bertz CT molecular complexity index is 404. The van der Waals surface area contributed by atoms with Crippen molar-refractivity contribution in [3.8, 4) is 0 Å². The first-order valence-corrected chi connectivity index (χ1v) is 5.79. The summed E-state index contributed by atoms with van der Waals surface area (Å²) in [6, 6.07) is 3.43. The number of nitrogens with one attached hydrogen (secondary N) is 2. The molecule has 16 heavy (non-hydrogen) atoms. The van der Waals surface area contributed by atoms with Crippen LogP contribution in [0.2, 0.25) is 0 Å². The molecule has 1 aromatic heterocycles. The van der Waals surface area contributed by atoms with Crippen molar-refractivity contribution in [2.75, 3.05) is 5.32 Å². The fourth-order valence-corrected chi connectivity index (χ4v) is 1.95. The molecular weight excluding hydrogens is 224 g/mol. The number of hydrogen-bond acceptors (Lipinski definition) is 3. The smallest absolute Gasteiger partial charge is 0.261 e. The normalized spacial score (nSPS) is 11.0. The van der Waals surface area contributed by atoms with Crippen LogP contribution in [0.25, 0.3) is 0 Å². The summed E-state index contributed by atoms with van der Waals surface area (Å²) in [6.07, 6.45) is 0. The minimum atomic E-state index is -0.255. The van der Waals surface area contributed by atoms with Crippen molar-refractivity contribution < 1.29 is 9.59 Å². The Kier molecular flexibility index (Phi) is 3.70. The monoisotopic (exact) mass is 240 g/mol. The highest BCUT2D eigenvalue weighted by Gasteiger charge is 2.16. The van der Waals surface area contributed by atoms with Crippen molar-refractivity contribution in [2.45, 2.75) is 33.2 Å². The molecule has 1 rings (SSSR count). The maximum Gasteiger partial charge on any atom is 0.261 e. The van der Waals surface area contributed by atoms with Crippen LogP contribution in [0.1, 0.15) is 37.4 Å². The van der Waals surface area contributed by atoms with Gasteiger partial charge in [-0.05, 0) is 32.9 Å². The first-order valence-electron chi connectivity index (χ1n) is 4.98. The summed E-state index contributed by atoms with van der Waals surface area (Å²) in [4.78, 5) is 23.2. The average Bonchev–Trinajstić information content (AvgIpc) is 2.48. The summed E-state index contributed by atoms with van der Waals surface area (Å²) in [7, 11) is 0. The summed E-state index contributed by atoms with van der Waals surface area (Å²) in [5.41, 5.74) is -0.255. The predicted molar refractivity (Wildman–Crippen MR) is 65.8 cm³/mol. The highest BCUT2D eigenvalue weighted by atomic mass is 32.1. The maximum atomic E-state index is 11.7. The topological polar surface area (TPSA) is 58.2 Å². The van der Waals surface area contributed by atoms with Gasteiger partial charge in [-0.1, -0.05) is 0 Å². The molecule has 0 aliphatic carbocycles. The van der Waals surface area contributed by atoms with Crippen LogP contribution >= 0.6 is 11.3 Å². The van der Waals surface area contributed by atoms with Gasteiger partial charge >= 0.3 is 0 Å². The minimum absolute atomic E-state index is 0.117. The number of anilines is 1. The number of rotatable bonds is 2. The van der Waals surface area contributed by atoms with Crippen molar-refractivity contribution >= 4 is 28.2 Å². The number of hydrogen-bond donors (Lipinski definition) is 2. The largest absolute Gasteiger partial charge is 0.347 e. The zero-order valence-electron chi connectivity index (χ0n) is 9.88. The summed E-state index contributed by atoms with van der Waals surface area (Å²) in [5, 5.41) is 6.19. The number of amides is 2. The molecular formula is C11H16N2O2S. The van der Waals surface area contributed by atoms with E-state index in [4.69, 9.17) is 0 Å². The standard InChI is InChI=1S/C11H16N2O2S/c1-7(14)12-9-6-5-8(16-9)10(15)13-11(2,3)4/h5-6H,1-4H3,(H,12,14)(H,13,15). The Labute approximate surface area is 99.0 Å². The molecule has 0 saturated heterocycles. The zero-order chi connectivity index (χ0) is 12.3. The Balaban J connectivity index is 2.71. The summed E-state index contributed by atoms with van der Waals surface area (Å²) >= 11 is 1.27. The second-order valence-corrected chi connectivity index (χ2v) is 5.63. The molecule has 0 fully saturated rings. The van der Waals surface area contributed by atoms with Crippen LogP contribution in [0.4, 0.5) is 5.00 Å². The molecule has 4 nitrogen and oxygen atoms in total. The lowest BCUT2D eigenvalue weighted by Crippen LogP contribution is -2.40. The van der Waals surface area contributed by atoms with Crippen molar-refractivity contribution in [1.82, 2.24) is 5.32 Å². The molecule has 2 N–H and O–H groups in total. The van der Waals surface area contributed by atoms with Crippen LogP contribution in [0.3, 0.4) is 0 Å². The van der Waals surface area contributed by atoms with Gasteiger partial charge in [-0.2, -0.15) is 0 Å². The third-order valence-corrected chi connectivity index (χ3v) is 2.62. The molecule has 0 unspecified atom stereocenters. The van der Waals surface area contributed by atoms with E-state index in [1.165, 1.54) is 18.3 Å². The molecule has 0 bridgehead atoms. The van der Waals surface area contributed by atoms with E-state index in [0.29, 0.717) is 9.88 Å². The van der Waals surface area contributed by atoms with Crippen molar-refractivity contribution in [2.24, 2.45) is 0 Å². The SMILES string of the molecule is CC(=O)Nc1ccc(C(=O)NC(C)(C)C)s1. The third-order valence-electron chi connectivity index (χ3n) is 1.62. The first kappa shape index (κ1) is 12.7. The quantitative estimate of drug-likeness (QED) is 0.833. The van der Waals surface area contributed by atoms with Gasteiger partial charge in [0.15, 0.2) is 0 Å². The second-order valence-electron chi connectivity index (χ2n) is 4.55. The Hall–Kier alpha value is -1.36. The third kappa shape index (κ3) is 4.02. The Morgan fingerprint density at radius 3 is 2.38 bits per heavy atom. The predicted octanol–water partition coefficient (Wildman–Crippen LogP) is 2.23. The van der Waals surface area contributed by atoms with Gasteiger partial charge in [0.05, 0.1) is 9.88 Å². The lowest BCUT2D eigenvalue weighted by molar-refractivity contribution is -0.114. The summed E-state index contributed by atoms with van der Waals surface area (Å²) in [5.74, 6) is -0.251. The maximum absolute atomic E-state index is 11.7. The number of carbonyl (C=O) groups excluding carboxylic acids is 2. The molecule has 0 atom stereocenters. The van der Waals surface area contributed by atoms with Crippen LogP contribution in [0.5, 0.6) is 0 Å². The van der Waals surface area contributed by atoms with Gasteiger partial charge in [0.25, 0.3) is 5.91 Å². The van der Waals surface area contributed by atoms with E-state index in [-0.39, 0.29) is 17.4 Å². The van der Waals surface area contributed by atoms with E-state index >= 15 is 0 Å². The van der Waals surface area contributed by atoms with Gasteiger partial charge in [-0.15, -0.1) is 11.3 Å². The van der Waals surface area contributed by atoms with Crippen LogP contribution in [-0.4, -0.2) is 17.4 Å². The average molecular weight is 240 g/mol. The first-order chi connectivity index (χ1) is 7.28. The lowest BCUT2D eigenvalue weighted by Gasteiger charge is -2.19. The minimum Gasteiger partial charge on any atom is -0.347 e. The van der Waals surface area contributed by atoms with Gasteiger partial charge in [0.2, 0.25) is 5.91 Å². The number of thiophene rings is 1. The van der Waals surface area contributed by atoms with Crippen LogP contribution < -0.4 is 10.6 Å². The van der Waals surface area contributed by atoms with E-state index in [9.17, 15) is 9.59 Å². The fourth-order valence-electron chi connectivity index (χ4n) is 1.10. The van der Waals surface area contributed by atoms with Crippen LogP contribution in [-0.2, 0) is 4.79 Å². The van der Waals surface area contributed by atoms with Crippen LogP contribution in [0, 0.1) is 0 Å². The van der Waals surface area contributed by atoms with E-state index in [2.05, 4.69) is 10.6 Å². The molecule has 2 amide bonds. The fraction of sp³-hybridized carbons (Fsp3) is 0.455. The van der Waals surface area contributed by atoms with Crippen molar-refractivity contribution in [3.05, 3.63) is 17.0 Å². The van der Waals surface area contributed by atoms with Gasteiger partial charge in [-0.3, -0.25) is 9.59 Å². The lowest BCUT2D eigenvalue weighted by atomic mass is 10.1. The summed E-state index contributed by atoms with van der Waals surface area (Å²) < 4.78 is 0. The van der Waals surface area contributed by atoms with E-state index < -0.39 is 0 Å². The molecule has 0 aromatic carbocycles. The molecule has 0 saturated carbocycles. The molecule has 0 aliphatic rings. The van der Waals surface area contributed by atoms with Gasteiger partial charge < -0.3 is 10.6 Å². The molecule has 88 valence electrons. The van der Waals surface area contributed by atoms with Crippen LogP contribution in [0.15, 0.2) is 12.1 Å². The molecule has 0 spiro atoms. The van der Waals surface area contributed by atoms with Gasteiger partial charge in [-0.25, -0.2) is 0 Å². The van der Waals surface area contributed by atoms with Crippen molar-refractivity contribution in [3.63, 3.8) is 0 Å². The molecule has 1 heterocycles. The Morgan fingerprint density at radius 2 is 1.88 bits per heavy atom.